The van der Waals surface area contributed by atoms with Gasteiger partial charge < -0.3 is 14.8 Å². The van der Waals surface area contributed by atoms with Gasteiger partial charge in [0.05, 0.1) is 20.1 Å². The third-order valence-electron chi connectivity index (χ3n) is 5.12. The molecule has 0 aliphatic carbocycles. The maximum atomic E-state index is 13.7. The molecule has 0 unspecified atom stereocenters. The number of nitrogens with zero attached hydrogens (tertiary/aromatic N) is 1. The van der Waals surface area contributed by atoms with E-state index in [0.29, 0.717) is 19.4 Å². The van der Waals surface area contributed by atoms with Crippen molar-refractivity contribution in [1.29, 1.82) is 0 Å². The number of hydrogen-bond donors (Lipinski definition) is 1. The highest BCUT2D eigenvalue weighted by atomic mass is 32.2. The van der Waals surface area contributed by atoms with Crippen molar-refractivity contribution in [3.8, 4) is 11.5 Å². The minimum atomic E-state index is -3.99. The number of amides is 1. The Kier molecular flexibility index (Phi) is 6.94. The zero-order valence-electron chi connectivity index (χ0n) is 16.9. The van der Waals surface area contributed by atoms with Crippen LogP contribution in [-0.4, -0.2) is 45.9 Å². The van der Waals surface area contributed by atoms with Crippen LogP contribution in [0.5, 0.6) is 11.5 Å². The van der Waals surface area contributed by atoms with Crippen LogP contribution in [0.4, 0.5) is 4.39 Å². The summed E-state index contributed by atoms with van der Waals surface area (Å²) in [5, 5.41) is 2.86. The fourth-order valence-electron chi connectivity index (χ4n) is 3.44. The van der Waals surface area contributed by atoms with Gasteiger partial charge in [-0.1, -0.05) is 12.1 Å². The molecule has 0 spiro atoms. The molecule has 1 aliphatic rings. The standard InChI is InChI=1S/C21H25FN2O5S/c1-28-18-8-5-15(6-9-18)13-23-21(25)16-4-3-11-24(14-16)30(26,27)20-12-17(22)7-10-19(20)29-2/h5-10,12,16H,3-4,11,13-14H2,1-2H3,(H,23,25)/t16-/m1/s1. The zero-order valence-corrected chi connectivity index (χ0v) is 17.7. The molecule has 1 heterocycles. The van der Waals surface area contributed by atoms with E-state index in [-0.39, 0.29) is 29.6 Å². The number of benzene rings is 2. The molecule has 3 rings (SSSR count). The molecule has 1 atom stereocenters. The lowest BCUT2D eigenvalue weighted by molar-refractivity contribution is -0.126. The molecule has 1 N–H and O–H groups in total. The molecule has 2 aromatic carbocycles. The molecule has 0 saturated carbocycles. The van der Waals surface area contributed by atoms with Crippen molar-refractivity contribution in [3.05, 3.63) is 53.8 Å². The summed E-state index contributed by atoms with van der Waals surface area (Å²) in [4.78, 5) is 12.4. The van der Waals surface area contributed by atoms with Crippen LogP contribution >= 0.6 is 0 Å². The van der Waals surface area contributed by atoms with Crippen molar-refractivity contribution in [3.63, 3.8) is 0 Å². The van der Waals surface area contributed by atoms with E-state index in [9.17, 15) is 17.6 Å². The summed E-state index contributed by atoms with van der Waals surface area (Å²) in [5.74, 6) is -0.558. The van der Waals surface area contributed by atoms with Crippen molar-refractivity contribution >= 4 is 15.9 Å². The van der Waals surface area contributed by atoms with Crippen molar-refractivity contribution in [2.45, 2.75) is 24.3 Å². The first kappa shape index (κ1) is 22.0. The second-order valence-corrected chi connectivity index (χ2v) is 8.97. The van der Waals surface area contributed by atoms with Crippen LogP contribution < -0.4 is 14.8 Å². The SMILES string of the molecule is COc1ccc(CNC(=O)[C@@H]2CCCN(S(=O)(=O)c3cc(F)ccc3OC)C2)cc1. The van der Waals surface area contributed by atoms with Gasteiger partial charge in [0.25, 0.3) is 0 Å². The lowest BCUT2D eigenvalue weighted by atomic mass is 9.99. The average molecular weight is 437 g/mol. The Bertz CT molecular complexity index is 995. The fourth-order valence-corrected chi connectivity index (χ4v) is 5.13. The highest BCUT2D eigenvalue weighted by Gasteiger charge is 2.35. The number of halogens is 1. The quantitative estimate of drug-likeness (QED) is 0.721. The molecule has 1 amide bonds. The molecule has 0 radical (unpaired) electrons. The van der Waals surface area contributed by atoms with E-state index < -0.39 is 21.8 Å². The summed E-state index contributed by atoms with van der Waals surface area (Å²) in [5.41, 5.74) is 0.911. The van der Waals surface area contributed by atoms with Gasteiger partial charge in [0.1, 0.15) is 22.2 Å². The molecule has 1 fully saturated rings. The molecular weight excluding hydrogens is 411 g/mol. The minimum Gasteiger partial charge on any atom is -0.497 e. The van der Waals surface area contributed by atoms with Crippen molar-refractivity contribution < 1.29 is 27.1 Å². The van der Waals surface area contributed by atoms with Crippen molar-refractivity contribution in [2.75, 3.05) is 27.3 Å². The molecule has 30 heavy (non-hydrogen) atoms. The zero-order chi connectivity index (χ0) is 21.7. The van der Waals surface area contributed by atoms with E-state index in [2.05, 4.69) is 5.32 Å². The first-order valence-electron chi connectivity index (χ1n) is 9.59. The average Bonchev–Trinajstić information content (AvgIpc) is 2.77. The van der Waals surface area contributed by atoms with Gasteiger partial charge in [-0.05, 0) is 48.7 Å². The Hall–Kier alpha value is -2.65. The summed E-state index contributed by atoms with van der Waals surface area (Å²) in [6, 6.07) is 10.7. The van der Waals surface area contributed by atoms with Gasteiger partial charge in [0.2, 0.25) is 15.9 Å². The van der Waals surface area contributed by atoms with E-state index in [4.69, 9.17) is 9.47 Å². The van der Waals surface area contributed by atoms with Gasteiger partial charge >= 0.3 is 0 Å². The number of sulfonamides is 1. The third-order valence-corrected chi connectivity index (χ3v) is 7.01. The smallest absolute Gasteiger partial charge is 0.246 e. The number of nitrogens with one attached hydrogen (secondary N) is 1. The van der Waals surface area contributed by atoms with Crippen LogP contribution in [0.3, 0.4) is 0 Å². The Morgan fingerprint density at radius 3 is 2.57 bits per heavy atom. The number of carbonyl (C=O) groups excluding carboxylic acids is 1. The number of hydrogen-bond acceptors (Lipinski definition) is 5. The molecule has 1 saturated heterocycles. The topological polar surface area (TPSA) is 84.9 Å². The van der Waals surface area contributed by atoms with Gasteiger partial charge in [0.15, 0.2) is 0 Å². The monoisotopic (exact) mass is 436 g/mol. The van der Waals surface area contributed by atoms with Crippen molar-refractivity contribution in [1.82, 2.24) is 9.62 Å². The number of carbonyl (C=O) groups is 1. The lowest BCUT2D eigenvalue weighted by Gasteiger charge is -2.31. The van der Waals surface area contributed by atoms with Gasteiger partial charge in [0, 0.05) is 19.6 Å². The van der Waals surface area contributed by atoms with Crippen LogP contribution in [0, 0.1) is 11.7 Å². The maximum absolute atomic E-state index is 13.7. The lowest BCUT2D eigenvalue weighted by Crippen LogP contribution is -2.45. The van der Waals surface area contributed by atoms with Crippen LogP contribution in [0.25, 0.3) is 0 Å². The van der Waals surface area contributed by atoms with Gasteiger partial charge in [-0.25, -0.2) is 12.8 Å². The van der Waals surface area contributed by atoms with Gasteiger partial charge in [-0.2, -0.15) is 4.31 Å². The number of rotatable bonds is 7. The minimum absolute atomic E-state index is 0.0381. The Labute approximate surface area is 175 Å². The molecule has 0 aromatic heterocycles. The molecule has 7 nitrogen and oxygen atoms in total. The van der Waals surface area contributed by atoms with Crippen LogP contribution in [0.15, 0.2) is 47.4 Å². The van der Waals surface area contributed by atoms with Crippen LogP contribution in [0.1, 0.15) is 18.4 Å². The summed E-state index contributed by atoms with van der Waals surface area (Å²) < 4.78 is 51.2. The fraction of sp³-hybridized carbons (Fsp3) is 0.381. The molecule has 9 heteroatoms. The van der Waals surface area contributed by atoms with E-state index in [1.165, 1.54) is 17.5 Å². The van der Waals surface area contributed by atoms with Gasteiger partial charge in [-0.3, -0.25) is 4.79 Å². The van der Waals surface area contributed by atoms with Crippen molar-refractivity contribution in [2.24, 2.45) is 5.92 Å². The Morgan fingerprint density at radius 2 is 1.90 bits per heavy atom. The predicted molar refractivity (Wildman–Crippen MR) is 109 cm³/mol. The summed E-state index contributed by atoms with van der Waals surface area (Å²) in [7, 11) is -1.08. The van der Waals surface area contributed by atoms with Crippen LogP contribution in [-0.2, 0) is 21.4 Å². The number of ether oxygens (including phenoxy) is 2. The summed E-state index contributed by atoms with van der Waals surface area (Å²) >= 11 is 0. The van der Waals surface area contributed by atoms with E-state index >= 15 is 0 Å². The number of piperidine rings is 1. The highest BCUT2D eigenvalue weighted by Crippen LogP contribution is 2.30. The molecule has 1 aliphatic heterocycles. The predicted octanol–water partition coefficient (Wildman–Crippen LogP) is 2.56. The van der Waals surface area contributed by atoms with E-state index in [1.807, 2.05) is 24.3 Å². The Morgan fingerprint density at radius 1 is 1.17 bits per heavy atom. The maximum Gasteiger partial charge on any atom is 0.246 e. The molecule has 0 bridgehead atoms. The highest BCUT2D eigenvalue weighted by molar-refractivity contribution is 7.89. The van der Waals surface area contributed by atoms with Crippen LogP contribution in [0.2, 0.25) is 0 Å². The summed E-state index contributed by atoms with van der Waals surface area (Å²) in [6.07, 6.45) is 1.12. The number of methoxy groups -OCH3 is 2. The molecular formula is C21H25FN2O5S. The largest absolute Gasteiger partial charge is 0.497 e. The second-order valence-electron chi connectivity index (χ2n) is 7.06. The van der Waals surface area contributed by atoms with E-state index in [0.717, 1.165) is 23.4 Å². The summed E-state index contributed by atoms with van der Waals surface area (Å²) in [6.45, 7) is 0.643. The molecule has 2 aromatic rings. The molecule has 162 valence electrons. The van der Waals surface area contributed by atoms with E-state index in [1.54, 1.807) is 7.11 Å². The second kappa shape index (κ2) is 9.44. The third kappa shape index (κ3) is 4.91. The first-order valence-corrected chi connectivity index (χ1v) is 11.0. The Balaban J connectivity index is 1.68. The normalized spacial score (nSPS) is 17.4. The first-order chi connectivity index (χ1) is 14.3. The van der Waals surface area contributed by atoms with Gasteiger partial charge in [-0.15, -0.1) is 0 Å².